The lowest BCUT2D eigenvalue weighted by molar-refractivity contribution is -0.137. The minimum atomic E-state index is -4.49. The highest BCUT2D eigenvalue weighted by molar-refractivity contribution is 5.97. The molecule has 186 valence electrons. The smallest absolute Gasteiger partial charge is 0.378 e. The Labute approximate surface area is 196 Å². The van der Waals surface area contributed by atoms with Crippen molar-refractivity contribution in [3.05, 3.63) is 82.5 Å². The number of carbonyl (C=O) groups excluding carboxylic acids is 2. The number of rotatable bonds is 7. The van der Waals surface area contributed by atoms with Gasteiger partial charge in [-0.15, -0.1) is 0 Å². The molecular weight excluding hydrogens is 475 g/mol. The summed E-state index contributed by atoms with van der Waals surface area (Å²) >= 11 is 0. The monoisotopic (exact) mass is 496 g/mol. The molecule has 35 heavy (non-hydrogen) atoms. The van der Waals surface area contributed by atoms with Crippen LogP contribution in [-0.4, -0.2) is 33.2 Å². The number of carbonyl (C=O) groups is 2. The van der Waals surface area contributed by atoms with E-state index in [1.54, 1.807) is 6.92 Å². The average Bonchev–Trinajstić information content (AvgIpc) is 3.25. The van der Waals surface area contributed by atoms with Crippen LogP contribution in [-0.2, 0) is 15.8 Å². The lowest BCUT2D eigenvalue weighted by atomic mass is 9.96. The van der Waals surface area contributed by atoms with Crippen LogP contribution in [0.2, 0.25) is 0 Å². The fraction of sp³-hybridized carbons (Fsp3) is 0.261. The molecule has 0 bridgehead atoms. The maximum Gasteiger partial charge on any atom is 0.416 e. The molecule has 7 nitrogen and oxygen atoms in total. The van der Waals surface area contributed by atoms with E-state index in [1.807, 2.05) is 0 Å². The van der Waals surface area contributed by atoms with Crippen molar-refractivity contribution in [3.8, 4) is 0 Å². The van der Waals surface area contributed by atoms with E-state index in [0.717, 1.165) is 24.3 Å². The van der Waals surface area contributed by atoms with Gasteiger partial charge in [-0.05, 0) is 36.2 Å². The molecule has 3 atom stereocenters. The van der Waals surface area contributed by atoms with E-state index in [4.69, 9.17) is 0 Å². The van der Waals surface area contributed by atoms with Crippen LogP contribution in [0, 0.1) is 11.6 Å². The number of aromatic nitrogens is 2. The van der Waals surface area contributed by atoms with E-state index in [2.05, 4.69) is 20.8 Å². The molecule has 0 aliphatic carbocycles. The summed E-state index contributed by atoms with van der Waals surface area (Å²) < 4.78 is 65.6. The molecule has 0 spiro atoms. The molecule has 1 aromatic heterocycles. The van der Waals surface area contributed by atoms with Gasteiger partial charge in [0.2, 0.25) is 5.91 Å². The molecular formula is C23H21F5N4O3. The number of amides is 2. The number of hydrogen-bond donors (Lipinski definition) is 4. The SMILES string of the molecule is CC(NC(=O)C(O)c1cc(F)cc(F)c1)C(=O)Nc1cc(C(C)c2cccc(C(F)(F)F)c2)[nH]n1. The highest BCUT2D eigenvalue weighted by atomic mass is 19.4. The molecule has 0 fully saturated rings. The molecule has 0 saturated heterocycles. The number of anilines is 1. The summed E-state index contributed by atoms with van der Waals surface area (Å²) in [5.41, 5.74) is -0.305. The summed E-state index contributed by atoms with van der Waals surface area (Å²) in [7, 11) is 0. The van der Waals surface area contributed by atoms with Crippen LogP contribution in [0.5, 0.6) is 0 Å². The first-order valence-corrected chi connectivity index (χ1v) is 10.3. The average molecular weight is 496 g/mol. The van der Waals surface area contributed by atoms with Crippen LogP contribution in [0.25, 0.3) is 0 Å². The zero-order valence-electron chi connectivity index (χ0n) is 18.5. The largest absolute Gasteiger partial charge is 0.416 e. The zero-order chi connectivity index (χ0) is 25.9. The van der Waals surface area contributed by atoms with Crippen LogP contribution in [0.3, 0.4) is 0 Å². The lowest BCUT2D eigenvalue weighted by Crippen LogP contribution is -2.43. The summed E-state index contributed by atoms with van der Waals surface area (Å²) in [6.45, 7) is 2.97. The number of H-pyrrole nitrogens is 1. The standard InChI is InChI=1S/C23H21F5N4O3/c1-11(13-4-3-5-15(6-13)23(26,27)28)18-10-19(32-31-18)30-21(34)12(2)29-22(35)20(33)14-7-16(24)9-17(25)8-14/h3-12,20,33H,1-2H3,(H,29,35)(H2,30,31,32,34). The second-order valence-electron chi connectivity index (χ2n) is 7.88. The lowest BCUT2D eigenvalue weighted by Gasteiger charge is -2.16. The number of aliphatic hydroxyl groups is 1. The number of halogens is 5. The highest BCUT2D eigenvalue weighted by Gasteiger charge is 2.31. The van der Waals surface area contributed by atoms with Gasteiger partial charge in [-0.2, -0.15) is 18.3 Å². The number of hydrogen-bond acceptors (Lipinski definition) is 4. The molecule has 3 rings (SSSR count). The number of aliphatic hydroxyl groups excluding tert-OH is 1. The number of nitrogens with zero attached hydrogens (tertiary/aromatic N) is 1. The fourth-order valence-electron chi connectivity index (χ4n) is 3.26. The van der Waals surface area contributed by atoms with Gasteiger partial charge in [-0.3, -0.25) is 14.7 Å². The van der Waals surface area contributed by atoms with Gasteiger partial charge in [0.05, 0.1) is 5.56 Å². The predicted octanol–water partition coefficient (Wildman–Crippen LogP) is 4.04. The van der Waals surface area contributed by atoms with Crippen molar-refractivity contribution in [2.24, 2.45) is 0 Å². The minimum absolute atomic E-state index is 0.0534. The minimum Gasteiger partial charge on any atom is -0.378 e. The topological polar surface area (TPSA) is 107 Å². The van der Waals surface area contributed by atoms with E-state index in [1.165, 1.54) is 25.1 Å². The second kappa shape index (κ2) is 10.2. The van der Waals surface area contributed by atoms with Crippen LogP contribution >= 0.6 is 0 Å². The first kappa shape index (κ1) is 25.8. The van der Waals surface area contributed by atoms with Crippen LogP contribution < -0.4 is 10.6 Å². The van der Waals surface area contributed by atoms with Gasteiger partial charge in [-0.25, -0.2) is 8.78 Å². The van der Waals surface area contributed by atoms with Crippen molar-refractivity contribution in [3.63, 3.8) is 0 Å². The molecule has 12 heteroatoms. The van der Waals surface area contributed by atoms with E-state index < -0.39 is 53.3 Å². The molecule has 2 aromatic carbocycles. The number of aromatic amines is 1. The molecule has 3 unspecified atom stereocenters. The molecule has 0 aliphatic heterocycles. The molecule has 0 radical (unpaired) electrons. The Morgan fingerprint density at radius 1 is 0.971 bits per heavy atom. The summed E-state index contributed by atoms with van der Waals surface area (Å²) in [6, 6.07) is 7.24. The van der Waals surface area contributed by atoms with E-state index in [0.29, 0.717) is 17.3 Å². The Morgan fingerprint density at radius 3 is 2.26 bits per heavy atom. The summed E-state index contributed by atoms with van der Waals surface area (Å²) in [5, 5.41) is 21.3. The zero-order valence-corrected chi connectivity index (χ0v) is 18.5. The summed E-state index contributed by atoms with van der Waals surface area (Å²) in [6.07, 6.45) is -6.40. The quantitative estimate of drug-likeness (QED) is 0.371. The second-order valence-corrected chi connectivity index (χ2v) is 7.88. The predicted molar refractivity (Wildman–Crippen MR) is 115 cm³/mol. The summed E-state index contributed by atoms with van der Waals surface area (Å²) in [4.78, 5) is 24.6. The van der Waals surface area contributed by atoms with Gasteiger partial charge in [0.25, 0.3) is 5.91 Å². The maximum absolute atomic E-state index is 13.3. The first-order chi connectivity index (χ1) is 16.3. The van der Waals surface area contributed by atoms with E-state index >= 15 is 0 Å². The Kier molecular flexibility index (Phi) is 7.54. The molecule has 0 aliphatic rings. The Balaban J connectivity index is 1.62. The third-order valence-electron chi connectivity index (χ3n) is 5.23. The van der Waals surface area contributed by atoms with Crippen molar-refractivity contribution < 1.29 is 36.6 Å². The van der Waals surface area contributed by atoms with Gasteiger partial charge >= 0.3 is 6.18 Å². The van der Waals surface area contributed by atoms with Crippen molar-refractivity contribution in [2.45, 2.75) is 38.1 Å². The van der Waals surface area contributed by atoms with Gasteiger partial charge in [0.15, 0.2) is 11.9 Å². The van der Waals surface area contributed by atoms with Crippen molar-refractivity contribution in [1.29, 1.82) is 0 Å². The van der Waals surface area contributed by atoms with Crippen molar-refractivity contribution in [2.75, 3.05) is 5.32 Å². The molecule has 1 heterocycles. The Hall–Kier alpha value is -3.80. The van der Waals surface area contributed by atoms with Crippen LogP contribution in [0.4, 0.5) is 27.8 Å². The normalized spacial score (nSPS) is 14.2. The fourth-order valence-corrected chi connectivity index (χ4v) is 3.26. The van der Waals surface area contributed by atoms with E-state index in [-0.39, 0.29) is 11.4 Å². The number of benzene rings is 2. The van der Waals surface area contributed by atoms with Gasteiger partial charge in [0.1, 0.15) is 17.7 Å². The van der Waals surface area contributed by atoms with Gasteiger partial charge < -0.3 is 15.7 Å². The first-order valence-electron chi connectivity index (χ1n) is 10.3. The molecule has 0 saturated carbocycles. The Morgan fingerprint density at radius 2 is 1.63 bits per heavy atom. The highest BCUT2D eigenvalue weighted by Crippen LogP contribution is 2.32. The van der Waals surface area contributed by atoms with Crippen molar-refractivity contribution >= 4 is 17.6 Å². The van der Waals surface area contributed by atoms with E-state index in [9.17, 15) is 36.6 Å². The number of alkyl halides is 3. The molecule has 4 N–H and O–H groups in total. The van der Waals surface area contributed by atoms with Crippen LogP contribution in [0.15, 0.2) is 48.5 Å². The third-order valence-corrected chi connectivity index (χ3v) is 5.23. The van der Waals surface area contributed by atoms with Crippen molar-refractivity contribution in [1.82, 2.24) is 15.5 Å². The summed E-state index contributed by atoms with van der Waals surface area (Å²) in [5.74, 6) is -4.19. The third kappa shape index (κ3) is 6.41. The van der Waals surface area contributed by atoms with Gasteiger partial charge in [-0.1, -0.05) is 25.1 Å². The Bertz CT molecular complexity index is 1210. The number of nitrogens with one attached hydrogen (secondary N) is 3. The maximum atomic E-state index is 13.3. The molecule has 2 amide bonds. The van der Waals surface area contributed by atoms with Crippen LogP contribution in [0.1, 0.15) is 48.3 Å². The molecule has 3 aromatic rings. The van der Waals surface area contributed by atoms with Gasteiger partial charge in [0, 0.05) is 23.7 Å².